The van der Waals surface area contributed by atoms with Crippen molar-refractivity contribution in [1.82, 2.24) is 0 Å². The lowest BCUT2D eigenvalue weighted by molar-refractivity contribution is 0.0698. The van der Waals surface area contributed by atoms with Crippen LogP contribution in [0.4, 0.5) is 5.69 Å². The van der Waals surface area contributed by atoms with Crippen LogP contribution in [0.3, 0.4) is 0 Å². The molecule has 0 aliphatic heterocycles. The zero-order chi connectivity index (χ0) is 13.1. The van der Waals surface area contributed by atoms with Crippen LogP contribution in [-0.2, 0) is 0 Å². The van der Waals surface area contributed by atoms with Crippen molar-refractivity contribution in [1.29, 1.82) is 0 Å². The Kier molecular flexibility index (Phi) is 3.33. The minimum absolute atomic E-state index is 0.0745. The zero-order valence-electron chi connectivity index (χ0n) is 10.1. The van der Waals surface area contributed by atoms with E-state index in [0.29, 0.717) is 5.69 Å². The fourth-order valence-electron chi connectivity index (χ4n) is 2.07. The van der Waals surface area contributed by atoms with Crippen molar-refractivity contribution in [3.8, 4) is 0 Å². The largest absolute Gasteiger partial charge is 0.478 e. The Bertz CT molecular complexity index is 564. The molecular weight excluding hydrogens is 226 g/mol. The van der Waals surface area contributed by atoms with Gasteiger partial charge in [-0.1, -0.05) is 49.4 Å². The van der Waals surface area contributed by atoms with E-state index < -0.39 is 5.97 Å². The van der Waals surface area contributed by atoms with Crippen LogP contribution in [0.5, 0.6) is 0 Å². The van der Waals surface area contributed by atoms with Gasteiger partial charge in [0, 0.05) is 11.6 Å². The molecule has 0 bridgehead atoms. The number of carbonyl (C=O) groups is 1. The highest BCUT2D eigenvalue weighted by atomic mass is 16.4. The molecule has 0 aromatic heterocycles. The first kappa shape index (κ1) is 12.2. The van der Waals surface area contributed by atoms with E-state index in [4.69, 9.17) is 10.8 Å². The highest BCUT2D eigenvalue weighted by molar-refractivity contribution is 5.94. The predicted octanol–water partition coefficient (Wildman–Crippen LogP) is 3.12. The number of carboxylic acid groups (broad SMARTS) is 1. The van der Waals surface area contributed by atoms with E-state index in [9.17, 15) is 4.79 Å². The van der Waals surface area contributed by atoms with Gasteiger partial charge in [-0.05, 0) is 17.2 Å². The molecule has 3 heteroatoms. The molecule has 0 saturated heterocycles. The first-order valence-corrected chi connectivity index (χ1v) is 5.78. The fraction of sp³-hybridized carbons (Fsp3) is 0.133. The Hall–Kier alpha value is -2.29. The third kappa shape index (κ3) is 2.20. The summed E-state index contributed by atoms with van der Waals surface area (Å²) < 4.78 is 0. The van der Waals surface area contributed by atoms with E-state index in [0.717, 1.165) is 11.1 Å². The molecule has 0 fully saturated rings. The van der Waals surface area contributed by atoms with Gasteiger partial charge >= 0.3 is 5.97 Å². The van der Waals surface area contributed by atoms with E-state index in [-0.39, 0.29) is 11.5 Å². The van der Waals surface area contributed by atoms with Gasteiger partial charge in [0.1, 0.15) is 0 Å². The van der Waals surface area contributed by atoms with Crippen molar-refractivity contribution in [2.45, 2.75) is 12.8 Å². The van der Waals surface area contributed by atoms with Gasteiger partial charge in [0.15, 0.2) is 0 Å². The van der Waals surface area contributed by atoms with Crippen LogP contribution in [0.2, 0.25) is 0 Å². The third-order valence-corrected chi connectivity index (χ3v) is 3.14. The molecule has 2 rings (SSSR count). The van der Waals surface area contributed by atoms with Crippen LogP contribution in [-0.4, -0.2) is 11.1 Å². The molecule has 1 atom stereocenters. The summed E-state index contributed by atoms with van der Waals surface area (Å²) in [7, 11) is 0. The molecule has 3 nitrogen and oxygen atoms in total. The third-order valence-electron chi connectivity index (χ3n) is 3.14. The quantitative estimate of drug-likeness (QED) is 0.811. The van der Waals surface area contributed by atoms with Gasteiger partial charge in [0.05, 0.1) is 5.56 Å². The monoisotopic (exact) mass is 241 g/mol. The molecular formula is C15H15NO2. The minimum atomic E-state index is -0.991. The van der Waals surface area contributed by atoms with E-state index >= 15 is 0 Å². The van der Waals surface area contributed by atoms with Crippen LogP contribution >= 0.6 is 0 Å². The van der Waals surface area contributed by atoms with Gasteiger partial charge < -0.3 is 10.8 Å². The van der Waals surface area contributed by atoms with Crippen molar-refractivity contribution in [3.63, 3.8) is 0 Å². The minimum Gasteiger partial charge on any atom is -0.478 e. The Labute approximate surface area is 106 Å². The summed E-state index contributed by atoms with van der Waals surface area (Å²) in [5, 5.41) is 9.06. The molecule has 92 valence electrons. The molecule has 2 aromatic rings. The topological polar surface area (TPSA) is 63.3 Å². The maximum Gasteiger partial charge on any atom is 0.337 e. The van der Waals surface area contributed by atoms with Crippen LogP contribution in [0.1, 0.15) is 34.3 Å². The van der Waals surface area contributed by atoms with Crippen LogP contribution in [0.15, 0.2) is 48.5 Å². The second kappa shape index (κ2) is 4.92. The van der Waals surface area contributed by atoms with Gasteiger partial charge in [-0.2, -0.15) is 0 Å². The fourth-order valence-corrected chi connectivity index (χ4v) is 2.07. The number of benzene rings is 2. The summed E-state index contributed by atoms with van der Waals surface area (Å²) in [6.07, 6.45) is 0. The average Bonchev–Trinajstić information content (AvgIpc) is 2.39. The molecule has 0 heterocycles. The van der Waals surface area contributed by atoms with E-state index in [1.807, 2.05) is 43.3 Å². The Morgan fingerprint density at radius 1 is 1.11 bits per heavy atom. The SMILES string of the molecule is CC(c1ccccc1)c1cccc(C(=O)O)c1N. The Morgan fingerprint density at radius 2 is 1.78 bits per heavy atom. The zero-order valence-corrected chi connectivity index (χ0v) is 10.1. The molecule has 1 unspecified atom stereocenters. The highest BCUT2D eigenvalue weighted by Gasteiger charge is 2.16. The number of carboxylic acids is 1. The molecule has 2 aromatic carbocycles. The molecule has 0 radical (unpaired) electrons. The number of rotatable bonds is 3. The molecule has 0 saturated carbocycles. The molecule has 3 N–H and O–H groups in total. The van der Waals surface area contributed by atoms with E-state index in [1.165, 1.54) is 6.07 Å². The number of para-hydroxylation sites is 1. The molecule has 0 aliphatic rings. The lowest BCUT2D eigenvalue weighted by Crippen LogP contribution is -2.07. The average molecular weight is 241 g/mol. The number of hydrogen-bond donors (Lipinski definition) is 2. The van der Waals surface area contributed by atoms with E-state index in [2.05, 4.69) is 0 Å². The second-order valence-corrected chi connectivity index (χ2v) is 4.25. The van der Waals surface area contributed by atoms with Gasteiger partial charge in [0.2, 0.25) is 0 Å². The lowest BCUT2D eigenvalue weighted by atomic mass is 9.90. The number of hydrogen-bond acceptors (Lipinski definition) is 2. The summed E-state index contributed by atoms with van der Waals surface area (Å²) in [5.41, 5.74) is 8.42. The van der Waals surface area contributed by atoms with Gasteiger partial charge in [-0.3, -0.25) is 0 Å². The molecule has 0 amide bonds. The summed E-state index contributed by atoms with van der Waals surface area (Å²) >= 11 is 0. The first-order valence-electron chi connectivity index (χ1n) is 5.78. The lowest BCUT2D eigenvalue weighted by Gasteiger charge is -2.16. The van der Waals surface area contributed by atoms with E-state index in [1.54, 1.807) is 6.07 Å². The Balaban J connectivity index is 2.46. The number of anilines is 1. The van der Waals surface area contributed by atoms with Gasteiger partial charge in [-0.25, -0.2) is 4.79 Å². The summed E-state index contributed by atoms with van der Waals surface area (Å²) in [6, 6.07) is 15.0. The Morgan fingerprint density at radius 3 is 2.39 bits per heavy atom. The molecule has 0 spiro atoms. The first-order chi connectivity index (χ1) is 8.61. The summed E-state index contributed by atoms with van der Waals surface area (Å²) in [4.78, 5) is 11.1. The normalized spacial score (nSPS) is 12.1. The van der Waals surface area contributed by atoms with Crippen molar-refractivity contribution < 1.29 is 9.90 Å². The predicted molar refractivity (Wildman–Crippen MR) is 71.8 cm³/mol. The van der Waals surface area contributed by atoms with Crippen molar-refractivity contribution in [3.05, 3.63) is 65.2 Å². The van der Waals surface area contributed by atoms with Gasteiger partial charge in [-0.15, -0.1) is 0 Å². The van der Waals surface area contributed by atoms with Crippen LogP contribution in [0, 0.1) is 0 Å². The second-order valence-electron chi connectivity index (χ2n) is 4.25. The number of nitrogen functional groups attached to an aromatic ring is 1. The summed E-state index contributed by atoms with van der Waals surface area (Å²) in [5.74, 6) is -0.917. The van der Waals surface area contributed by atoms with Crippen molar-refractivity contribution >= 4 is 11.7 Å². The smallest absolute Gasteiger partial charge is 0.337 e. The number of nitrogens with two attached hydrogens (primary N) is 1. The van der Waals surface area contributed by atoms with Crippen LogP contribution < -0.4 is 5.73 Å². The maximum atomic E-state index is 11.1. The number of aromatic carboxylic acids is 1. The van der Waals surface area contributed by atoms with Gasteiger partial charge in [0.25, 0.3) is 0 Å². The van der Waals surface area contributed by atoms with Crippen molar-refractivity contribution in [2.75, 3.05) is 5.73 Å². The van der Waals surface area contributed by atoms with Crippen molar-refractivity contribution in [2.24, 2.45) is 0 Å². The summed E-state index contributed by atoms with van der Waals surface area (Å²) in [6.45, 7) is 2.02. The molecule has 18 heavy (non-hydrogen) atoms. The highest BCUT2D eigenvalue weighted by Crippen LogP contribution is 2.30. The van der Waals surface area contributed by atoms with Crippen LogP contribution in [0.25, 0.3) is 0 Å². The maximum absolute atomic E-state index is 11.1. The molecule has 0 aliphatic carbocycles. The standard InChI is InChI=1S/C15H15NO2/c1-10(11-6-3-2-4-7-11)12-8-5-9-13(14(12)16)15(17)18/h2-10H,16H2,1H3,(H,17,18).